The maximum Gasteiger partial charge on any atom is 0.168 e. The van der Waals surface area contributed by atoms with Crippen molar-refractivity contribution in [3.05, 3.63) is 35.9 Å². The van der Waals surface area contributed by atoms with E-state index in [1.54, 1.807) is 0 Å². The van der Waals surface area contributed by atoms with Crippen molar-refractivity contribution in [2.45, 2.75) is 43.5 Å². The number of rotatable bonds is 1. The molecule has 1 aliphatic carbocycles. The molecule has 0 amide bonds. The highest BCUT2D eigenvalue weighted by Gasteiger charge is 2.40. The first kappa shape index (κ1) is 12.2. The molecule has 98 valence electrons. The van der Waals surface area contributed by atoms with E-state index >= 15 is 0 Å². The Balaban J connectivity index is 1.61. The Morgan fingerprint density at radius 1 is 1.00 bits per heavy atom. The average molecular weight is 248 g/mol. The Hall–Kier alpha value is -0.900. The maximum atomic E-state index is 9.54. The largest absolute Gasteiger partial charge is 0.393 e. The van der Waals surface area contributed by atoms with E-state index in [-0.39, 0.29) is 6.10 Å². The number of ether oxygens (including phenoxy) is 2. The molecule has 1 N–H and O–H groups in total. The van der Waals surface area contributed by atoms with Crippen LogP contribution in [0.15, 0.2) is 30.3 Å². The summed E-state index contributed by atoms with van der Waals surface area (Å²) in [5.41, 5.74) is 1.28. The molecule has 3 nitrogen and oxygen atoms in total. The minimum atomic E-state index is -0.412. The van der Waals surface area contributed by atoms with Crippen molar-refractivity contribution in [2.75, 3.05) is 13.2 Å². The van der Waals surface area contributed by atoms with Gasteiger partial charge >= 0.3 is 0 Å². The van der Waals surface area contributed by atoms with E-state index in [0.29, 0.717) is 5.92 Å². The van der Waals surface area contributed by atoms with Gasteiger partial charge in [0.1, 0.15) is 0 Å². The molecule has 1 aromatic carbocycles. The number of hydrogen-bond donors (Lipinski definition) is 1. The first-order valence-electron chi connectivity index (χ1n) is 6.78. The Kier molecular flexibility index (Phi) is 3.37. The third kappa shape index (κ3) is 2.44. The third-order valence-corrected chi connectivity index (χ3v) is 4.08. The second-order valence-corrected chi connectivity index (χ2v) is 5.37. The summed E-state index contributed by atoms with van der Waals surface area (Å²) in [6, 6.07) is 10.4. The standard InChI is InChI=1S/C15H20O3/c16-14-6-8-15(9-7-14)17-10-13(11-18-15)12-4-2-1-3-5-12/h1-5,13-14,16H,6-11H2. The average Bonchev–Trinajstić information content (AvgIpc) is 2.44. The molecular formula is C15H20O3. The molecule has 0 unspecified atom stereocenters. The van der Waals surface area contributed by atoms with E-state index in [4.69, 9.17) is 9.47 Å². The molecule has 1 aromatic rings. The van der Waals surface area contributed by atoms with Crippen molar-refractivity contribution in [3.63, 3.8) is 0 Å². The topological polar surface area (TPSA) is 38.7 Å². The lowest BCUT2D eigenvalue weighted by Crippen LogP contribution is -2.46. The van der Waals surface area contributed by atoms with Gasteiger partial charge in [-0.3, -0.25) is 0 Å². The van der Waals surface area contributed by atoms with Gasteiger partial charge in [0.2, 0.25) is 0 Å². The molecule has 0 bridgehead atoms. The SMILES string of the molecule is OC1CCC2(CC1)OCC(c1ccccc1)CO2. The molecule has 2 aliphatic rings. The molecule has 1 spiro atoms. The second-order valence-electron chi connectivity index (χ2n) is 5.37. The lowest BCUT2D eigenvalue weighted by molar-refractivity contribution is -0.290. The van der Waals surface area contributed by atoms with E-state index in [1.807, 2.05) is 6.07 Å². The Bertz CT molecular complexity index is 372. The molecule has 3 rings (SSSR count). The number of aliphatic hydroxyl groups excluding tert-OH is 1. The van der Waals surface area contributed by atoms with Gasteiger partial charge in [0, 0.05) is 18.8 Å². The summed E-state index contributed by atoms with van der Waals surface area (Å²) in [6.07, 6.45) is 3.03. The predicted molar refractivity (Wildman–Crippen MR) is 68.3 cm³/mol. The quantitative estimate of drug-likeness (QED) is 0.829. The van der Waals surface area contributed by atoms with Crippen LogP contribution in [-0.4, -0.2) is 30.2 Å². The minimum absolute atomic E-state index is 0.172. The van der Waals surface area contributed by atoms with Gasteiger partial charge in [0.15, 0.2) is 5.79 Å². The van der Waals surface area contributed by atoms with Crippen LogP contribution in [0.2, 0.25) is 0 Å². The van der Waals surface area contributed by atoms with Crippen LogP contribution in [0.25, 0.3) is 0 Å². The van der Waals surface area contributed by atoms with Crippen molar-refractivity contribution in [1.82, 2.24) is 0 Å². The zero-order chi connectivity index (χ0) is 12.4. The highest BCUT2D eigenvalue weighted by Crippen LogP contribution is 2.38. The van der Waals surface area contributed by atoms with Gasteiger partial charge in [-0.05, 0) is 18.4 Å². The zero-order valence-electron chi connectivity index (χ0n) is 10.5. The van der Waals surface area contributed by atoms with Crippen LogP contribution in [0.1, 0.15) is 37.2 Å². The molecular weight excluding hydrogens is 228 g/mol. The van der Waals surface area contributed by atoms with E-state index in [9.17, 15) is 5.11 Å². The molecule has 0 radical (unpaired) electrons. The van der Waals surface area contributed by atoms with Crippen LogP contribution < -0.4 is 0 Å². The van der Waals surface area contributed by atoms with Crippen LogP contribution >= 0.6 is 0 Å². The molecule has 1 heterocycles. The van der Waals surface area contributed by atoms with Gasteiger partial charge in [-0.1, -0.05) is 30.3 Å². The molecule has 3 heteroatoms. The van der Waals surface area contributed by atoms with Gasteiger partial charge in [-0.2, -0.15) is 0 Å². The van der Waals surface area contributed by atoms with Crippen LogP contribution in [0.4, 0.5) is 0 Å². The van der Waals surface area contributed by atoms with Gasteiger partial charge in [0.05, 0.1) is 19.3 Å². The van der Waals surface area contributed by atoms with Crippen LogP contribution in [-0.2, 0) is 9.47 Å². The van der Waals surface area contributed by atoms with E-state index in [0.717, 1.165) is 38.9 Å². The van der Waals surface area contributed by atoms with Crippen LogP contribution in [0, 0.1) is 0 Å². The lowest BCUT2D eigenvalue weighted by atomic mass is 9.90. The first-order valence-corrected chi connectivity index (χ1v) is 6.78. The highest BCUT2D eigenvalue weighted by atomic mass is 16.7. The van der Waals surface area contributed by atoms with Crippen LogP contribution in [0.3, 0.4) is 0 Å². The van der Waals surface area contributed by atoms with Crippen molar-refractivity contribution < 1.29 is 14.6 Å². The molecule has 18 heavy (non-hydrogen) atoms. The monoisotopic (exact) mass is 248 g/mol. The number of hydrogen-bond acceptors (Lipinski definition) is 3. The summed E-state index contributed by atoms with van der Waals surface area (Å²) in [7, 11) is 0. The van der Waals surface area contributed by atoms with Crippen molar-refractivity contribution in [1.29, 1.82) is 0 Å². The first-order chi connectivity index (χ1) is 8.77. The molecule has 0 atom stereocenters. The Morgan fingerprint density at radius 2 is 1.61 bits per heavy atom. The summed E-state index contributed by atoms with van der Waals surface area (Å²) in [4.78, 5) is 0. The fourth-order valence-corrected chi connectivity index (χ4v) is 2.84. The second kappa shape index (κ2) is 5.00. The molecule has 1 saturated carbocycles. The fourth-order valence-electron chi connectivity index (χ4n) is 2.84. The zero-order valence-corrected chi connectivity index (χ0v) is 10.5. The summed E-state index contributed by atoms with van der Waals surface area (Å²) < 4.78 is 12.0. The van der Waals surface area contributed by atoms with E-state index in [2.05, 4.69) is 24.3 Å². The van der Waals surface area contributed by atoms with Gasteiger partial charge in [0.25, 0.3) is 0 Å². The van der Waals surface area contributed by atoms with Gasteiger partial charge in [-0.15, -0.1) is 0 Å². The van der Waals surface area contributed by atoms with E-state index < -0.39 is 5.79 Å². The molecule has 2 fully saturated rings. The summed E-state index contributed by atoms with van der Waals surface area (Å²) in [5, 5.41) is 9.54. The summed E-state index contributed by atoms with van der Waals surface area (Å²) in [6.45, 7) is 1.44. The minimum Gasteiger partial charge on any atom is -0.393 e. The fraction of sp³-hybridized carbons (Fsp3) is 0.600. The molecule has 0 aromatic heterocycles. The smallest absolute Gasteiger partial charge is 0.168 e. The Morgan fingerprint density at radius 3 is 2.22 bits per heavy atom. The van der Waals surface area contributed by atoms with Crippen molar-refractivity contribution >= 4 is 0 Å². The summed E-state index contributed by atoms with van der Waals surface area (Å²) >= 11 is 0. The van der Waals surface area contributed by atoms with E-state index in [1.165, 1.54) is 5.56 Å². The van der Waals surface area contributed by atoms with Crippen LogP contribution in [0.5, 0.6) is 0 Å². The van der Waals surface area contributed by atoms with Gasteiger partial charge in [-0.25, -0.2) is 0 Å². The third-order valence-electron chi connectivity index (χ3n) is 4.08. The lowest BCUT2D eigenvalue weighted by Gasteiger charge is -2.43. The Labute approximate surface area is 108 Å². The normalized spacial score (nSPS) is 36.7. The molecule has 1 saturated heterocycles. The maximum absolute atomic E-state index is 9.54. The number of benzene rings is 1. The highest BCUT2D eigenvalue weighted by molar-refractivity contribution is 5.20. The van der Waals surface area contributed by atoms with Crippen molar-refractivity contribution in [3.8, 4) is 0 Å². The predicted octanol–water partition coefficient (Wildman–Crippen LogP) is 2.45. The molecule has 1 aliphatic heterocycles. The van der Waals surface area contributed by atoms with Crippen molar-refractivity contribution in [2.24, 2.45) is 0 Å². The number of aliphatic hydroxyl groups is 1. The summed E-state index contributed by atoms with van der Waals surface area (Å²) in [5.74, 6) is -0.0755. The van der Waals surface area contributed by atoms with Gasteiger partial charge < -0.3 is 14.6 Å².